The van der Waals surface area contributed by atoms with Gasteiger partial charge in [-0.05, 0) is 31.0 Å². The van der Waals surface area contributed by atoms with Gasteiger partial charge in [-0.25, -0.2) is 4.79 Å². The molecule has 0 bridgehead atoms. The Morgan fingerprint density at radius 1 is 1.04 bits per heavy atom. The number of Topliss-reactive ketones (excluding diaryl/α,β-unsaturated/α-hetero) is 1. The molecule has 3 nitrogen and oxygen atoms in total. The summed E-state index contributed by atoms with van der Waals surface area (Å²) in [6.07, 6.45) is 1.40. The smallest absolute Gasteiger partial charge is 0.339 e. The van der Waals surface area contributed by atoms with Gasteiger partial charge >= 0.3 is 5.63 Å². The fourth-order valence-corrected chi connectivity index (χ4v) is 3.13. The third-order valence-corrected chi connectivity index (χ3v) is 4.27. The van der Waals surface area contributed by atoms with E-state index in [-0.39, 0.29) is 5.78 Å². The maximum atomic E-state index is 12.1. The van der Waals surface area contributed by atoms with Crippen LogP contribution in [0.2, 0.25) is 10.0 Å². The van der Waals surface area contributed by atoms with Crippen LogP contribution in [0.3, 0.4) is 0 Å². The SMILES string of the molecule is O=C(CCCc1cc2cc(Cl)cc(Cl)c2oc1=O)c1ccccc1. The number of benzene rings is 2. The lowest BCUT2D eigenvalue weighted by molar-refractivity contribution is 0.0980. The molecule has 0 radical (unpaired) electrons. The zero-order chi connectivity index (χ0) is 17.1. The van der Waals surface area contributed by atoms with E-state index < -0.39 is 5.63 Å². The number of aryl methyl sites for hydroxylation is 1. The van der Waals surface area contributed by atoms with Crippen molar-refractivity contribution >= 4 is 40.0 Å². The van der Waals surface area contributed by atoms with Crippen LogP contribution in [0.25, 0.3) is 11.0 Å². The molecule has 0 spiro atoms. The number of hydrogen-bond donors (Lipinski definition) is 0. The van der Waals surface area contributed by atoms with Crippen molar-refractivity contribution in [3.05, 3.63) is 80.1 Å². The van der Waals surface area contributed by atoms with E-state index in [0.29, 0.717) is 51.4 Å². The van der Waals surface area contributed by atoms with Crippen LogP contribution in [0.5, 0.6) is 0 Å². The van der Waals surface area contributed by atoms with Crippen LogP contribution in [-0.2, 0) is 6.42 Å². The Hall–Kier alpha value is -2.10. The number of hydrogen-bond acceptors (Lipinski definition) is 3. The summed E-state index contributed by atoms with van der Waals surface area (Å²) in [6.45, 7) is 0. The van der Waals surface area contributed by atoms with Crippen LogP contribution in [0, 0.1) is 0 Å². The van der Waals surface area contributed by atoms with Gasteiger partial charge in [-0.2, -0.15) is 0 Å². The molecule has 0 atom stereocenters. The molecule has 0 unspecified atom stereocenters. The maximum absolute atomic E-state index is 12.1. The average Bonchev–Trinajstić information content (AvgIpc) is 2.57. The van der Waals surface area contributed by atoms with Crippen molar-refractivity contribution in [3.8, 4) is 0 Å². The van der Waals surface area contributed by atoms with Crippen molar-refractivity contribution in [1.29, 1.82) is 0 Å². The quantitative estimate of drug-likeness (QED) is 0.457. The molecule has 3 rings (SSSR count). The van der Waals surface area contributed by atoms with Crippen LogP contribution < -0.4 is 5.63 Å². The summed E-state index contributed by atoms with van der Waals surface area (Å²) in [5, 5.41) is 1.46. The molecule has 0 N–H and O–H groups in total. The number of carbonyl (C=O) groups is 1. The highest BCUT2D eigenvalue weighted by Gasteiger charge is 2.11. The zero-order valence-electron chi connectivity index (χ0n) is 12.7. The minimum absolute atomic E-state index is 0.0619. The van der Waals surface area contributed by atoms with Crippen molar-refractivity contribution in [1.82, 2.24) is 0 Å². The topological polar surface area (TPSA) is 47.3 Å². The Morgan fingerprint density at radius 3 is 2.54 bits per heavy atom. The molecule has 3 aromatic rings. The number of halogens is 2. The van der Waals surface area contributed by atoms with Crippen LogP contribution in [0.15, 0.2) is 57.7 Å². The Bertz CT molecular complexity index is 946. The summed E-state index contributed by atoms with van der Waals surface area (Å²) < 4.78 is 5.29. The molecule has 2 aromatic carbocycles. The van der Waals surface area contributed by atoms with E-state index in [9.17, 15) is 9.59 Å². The lowest BCUT2D eigenvalue weighted by Gasteiger charge is -2.04. The first-order chi connectivity index (χ1) is 11.5. The highest BCUT2D eigenvalue weighted by atomic mass is 35.5. The van der Waals surface area contributed by atoms with Gasteiger partial charge in [0.15, 0.2) is 11.4 Å². The second-order valence-corrected chi connectivity index (χ2v) is 6.35. The number of ketones is 1. The van der Waals surface area contributed by atoms with Gasteiger partial charge in [0.25, 0.3) is 0 Å². The van der Waals surface area contributed by atoms with Crippen LogP contribution in [0.4, 0.5) is 0 Å². The fraction of sp³-hybridized carbons (Fsp3) is 0.158. The number of carbonyl (C=O) groups excluding carboxylic acids is 1. The molecule has 0 fully saturated rings. The highest BCUT2D eigenvalue weighted by molar-refractivity contribution is 6.38. The Morgan fingerprint density at radius 2 is 1.79 bits per heavy atom. The van der Waals surface area contributed by atoms with E-state index >= 15 is 0 Å². The van der Waals surface area contributed by atoms with Crippen molar-refractivity contribution in [2.75, 3.05) is 0 Å². The zero-order valence-corrected chi connectivity index (χ0v) is 14.2. The van der Waals surface area contributed by atoms with Gasteiger partial charge in [0.1, 0.15) is 0 Å². The first-order valence-corrected chi connectivity index (χ1v) is 8.30. The van der Waals surface area contributed by atoms with Crippen molar-refractivity contribution in [2.24, 2.45) is 0 Å². The average molecular weight is 361 g/mol. The summed E-state index contributed by atoms with van der Waals surface area (Å²) in [6, 6.07) is 14.1. The molecule has 122 valence electrons. The third-order valence-electron chi connectivity index (χ3n) is 3.77. The van der Waals surface area contributed by atoms with Crippen LogP contribution in [-0.4, -0.2) is 5.78 Å². The first-order valence-electron chi connectivity index (χ1n) is 7.54. The lowest BCUT2D eigenvalue weighted by atomic mass is 10.0. The molecule has 5 heteroatoms. The largest absolute Gasteiger partial charge is 0.421 e. The molecule has 0 saturated carbocycles. The van der Waals surface area contributed by atoms with Gasteiger partial charge in [0.2, 0.25) is 0 Å². The van der Waals surface area contributed by atoms with Crippen LogP contribution in [0.1, 0.15) is 28.8 Å². The summed E-state index contributed by atoms with van der Waals surface area (Å²) in [5.41, 5.74) is 1.09. The molecule has 1 heterocycles. The van der Waals surface area contributed by atoms with Gasteiger partial charge < -0.3 is 4.42 Å². The standard InChI is InChI=1S/C19H14Cl2O3/c20-15-10-14-9-13(19(23)24-18(14)16(21)11-15)7-4-8-17(22)12-5-2-1-3-6-12/h1-3,5-6,9-11H,4,7-8H2. The summed E-state index contributed by atoms with van der Waals surface area (Å²) >= 11 is 12.0. The van der Waals surface area contributed by atoms with Crippen molar-refractivity contribution < 1.29 is 9.21 Å². The maximum Gasteiger partial charge on any atom is 0.339 e. The number of rotatable bonds is 5. The van der Waals surface area contributed by atoms with Crippen molar-refractivity contribution in [3.63, 3.8) is 0 Å². The second-order valence-electron chi connectivity index (χ2n) is 5.51. The van der Waals surface area contributed by atoms with Gasteiger partial charge in [-0.1, -0.05) is 53.5 Å². The Kier molecular flexibility index (Phi) is 5.03. The van der Waals surface area contributed by atoms with Gasteiger partial charge in [0.05, 0.1) is 5.02 Å². The predicted octanol–water partition coefficient (Wildman–Crippen LogP) is 5.31. The minimum Gasteiger partial charge on any atom is -0.421 e. The Labute approximate surface area is 148 Å². The van der Waals surface area contributed by atoms with E-state index in [0.717, 1.165) is 0 Å². The Balaban J connectivity index is 1.75. The number of fused-ring (bicyclic) bond motifs is 1. The van der Waals surface area contributed by atoms with E-state index in [1.165, 1.54) is 6.07 Å². The van der Waals surface area contributed by atoms with E-state index in [1.807, 2.05) is 18.2 Å². The van der Waals surface area contributed by atoms with E-state index in [1.54, 1.807) is 24.3 Å². The molecule has 24 heavy (non-hydrogen) atoms. The monoisotopic (exact) mass is 360 g/mol. The molecular weight excluding hydrogens is 347 g/mol. The molecular formula is C19H14Cl2O3. The minimum atomic E-state index is -0.432. The molecule has 0 aliphatic carbocycles. The fourth-order valence-electron chi connectivity index (χ4n) is 2.58. The predicted molar refractivity (Wildman–Crippen MR) is 96.2 cm³/mol. The summed E-state index contributed by atoms with van der Waals surface area (Å²) in [4.78, 5) is 24.2. The van der Waals surface area contributed by atoms with Gasteiger partial charge in [-0.3, -0.25) is 4.79 Å². The second kappa shape index (κ2) is 7.20. The van der Waals surface area contributed by atoms with E-state index in [2.05, 4.69) is 0 Å². The van der Waals surface area contributed by atoms with Crippen LogP contribution >= 0.6 is 23.2 Å². The van der Waals surface area contributed by atoms with Gasteiger partial charge in [0, 0.05) is 28.0 Å². The molecule has 0 aliphatic rings. The first kappa shape index (κ1) is 16.7. The molecule has 1 aromatic heterocycles. The molecule has 0 amide bonds. The normalized spacial score (nSPS) is 10.9. The molecule has 0 saturated heterocycles. The van der Waals surface area contributed by atoms with E-state index in [4.69, 9.17) is 27.6 Å². The third kappa shape index (κ3) is 3.69. The van der Waals surface area contributed by atoms with Crippen molar-refractivity contribution in [2.45, 2.75) is 19.3 Å². The highest BCUT2D eigenvalue weighted by Crippen LogP contribution is 2.27. The lowest BCUT2D eigenvalue weighted by Crippen LogP contribution is -2.08. The van der Waals surface area contributed by atoms with Gasteiger partial charge in [-0.15, -0.1) is 0 Å². The summed E-state index contributed by atoms with van der Waals surface area (Å²) in [5.74, 6) is 0.0619. The summed E-state index contributed by atoms with van der Waals surface area (Å²) in [7, 11) is 0. The molecule has 0 aliphatic heterocycles.